The minimum Gasteiger partial charge on any atom is -0.489 e. The second-order valence-corrected chi connectivity index (χ2v) is 7.89. The van der Waals surface area contributed by atoms with Crippen molar-refractivity contribution in [2.45, 2.75) is 38.8 Å². The smallest absolute Gasteiger partial charge is 0.251 e. The van der Waals surface area contributed by atoms with Gasteiger partial charge in [0.1, 0.15) is 12.4 Å². The SMILES string of the molecule is C[C@H](NC(=O)c1ccc(OCc2ccccc2Cl)cc1)c1ccc2c(c1)CCC2. The summed E-state index contributed by atoms with van der Waals surface area (Å²) >= 11 is 6.15. The van der Waals surface area contributed by atoms with E-state index in [0.29, 0.717) is 22.9 Å². The third-order valence-corrected chi connectivity index (χ3v) is 5.81. The van der Waals surface area contributed by atoms with Crippen molar-refractivity contribution < 1.29 is 9.53 Å². The van der Waals surface area contributed by atoms with Crippen LogP contribution in [0, 0.1) is 0 Å². The lowest BCUT2D eigenvalue weighted by atomic mass is 10.0. The molecule has 4 rings (SSSR count). The van der Waals surface area contributed by atoms with Gasteiger partial charge in [-0.25, -0.2) is 0 Å². The number of hydrogen-bond donors (Lipinski definition) is 1. The number of aryl methyl sites for hydroxylation is 2. The fraction of sp³-hybridized carbons (Fsp3) is 0.240. The van der Waals surface area contributed by atoms with Crippen LogP contribution in [0.1, 0.15) is 52.0 Å². The molecule has 148 valence electrons. The zero-order valence-corrected chi connectivity index (χ0v) is 17.2. The predicted molar refractivity (Wildman–Crippen MR) is 117 cm³/mol. The van der Waals surface area contributed by atoms with Crippen molar-refractivity contribution in [2.24, 2.45) is 0 Å². The van der Waals surface area contributed by atoms with Crippen LogP contribution in [0.15, 0.2) is 66.7 Å². The highest BCUT2D eigenvalue weighted by Gasteiger charge is 2.15. The van der Waals surface area contributed by atoms with Gasteiger partial charge in [-0.3, -0.25) is 4.79 Å². The number of ether oxygens (including phenoxy) is 1. The molecule has 1 atom stereocenters. The Morgan fingerprint density at radius 2 is 1.79 bits per heavy atom. The van der Waals surface area contributed by atoms with Gasteiger partial charge in [-0.1, -0.05) is 48.0 Å². The maximum Gasteiger partial charge on any atom is 0.251 e. The van der Waals surface area contributed by atoms with Gasteiger partial charge in [-0.2, -0.15) is 0 Å². The summed E-state index contributed by atoms with van der Waals surface area (Å²) in [4.78, 5) is 12.6. The van der Waals surface area contributed by atoms with Gasteiger partial charge >= 0.3 is 0 Å². The number of rotatable bonds is 6. The highest BCUT2D eigenvalue weighted by molar-refractivity contribution is 6.31. The number of hydrogen-bond acceptors (Lipinski definition) is 2. The van der Waals surface area contributed by atoms with E-state index in [0.717, 1.165) is 17.5 Å². The van der Waals surface area contributed by atoms with Crippen molar-refractivity contribution in [2.75, 3.05) is 0 Å². The van der Waals surface area contributed by atoms with E-state index < -0.39 is 0 Å². The molecule has 29 heavy (non-hydrogen) atoms. The first kappa shape index (κ1) is 19.5. The van der Waals surface area contributed by atoms with Crippen LogP contribution < -0.4 is 10.1 Å². The van der Waals surface area contributed by atoms with Crippen LogP contribution in [0.2, 0.25) is 5.02 Å². The Morgan fingerprint density at radius 1 is 1.03 bits per heavy atom. The summed E-state index contributed by atoms with van der Waals surface area (Å²) in [5, 5.41) is 3.78. The Hall–Kier alpha value is -2.78. The van der Waals surface area contributed by atoms with Crippen LogP contribution in [0.25, 0.3) is 0 Å². The van der Waals surface area contributed by atoms with Crippen molar-refractivity contribution in [3.8, 4) is 5.75 Å². The van der Waals surface area contributed by atoms with E-state index >= 15 is 0 Å². The first-order valence-electron chi connectivity index (χ1n) is 9.99. The maximum atomic E-state index is 12.6. The Bertz CT molecular complexity index is 1010. The minimum atomic E-state index is -0.0874. The Kier molecular flexibility index (Phi) is 5.86. The van der Waals surface area contributed by atoms with Crippen molar-refractivity contribution in [3.63, 3.8) is 0 Å². The lowest BCUT2D eigenvalue weighted by molar-refractivity contribution is 0.0940. The highest BCUT2D eigenvalue weighted by Crippen LogP contribution is 2.25. The van der Waals surface area contributed by atoms with Gasteiger partial charge in [0.05, 0.1) is 6.04 Å². The zero-order chi connectivity index (χ0) is 20.2. The van der Waals surface area contributed by atoms with Crippen molar-refractivity contribution >= 4 is 17.5 Å². The van der Waals surface area contributed by atoms with Crippen LogP contribution in [0.3, 0.4) is 0 Å². The molecule has 4 heteroatoms. The van der Waals surface area contributed by atoms with Crippen molar-refractivity contribution in [1.82, 2.24) is 5.32 Å². The topological polar surface area (TPSA) is 38.3 Å². The third-order valence-electron chi connectivity index (χ3n) is 5.44. The van der Waals surface area contributed by atoms with E-state index in [1.54, 1.807) is 12.1 Å². The molecule has 3 nitrogen and oxygen atoms in total. The summed E-state index contributed by atoms with van der Waals surface area (Å²) in [7, 11) is 0. The summed E-state index contributed by atoms with van der Waals surface area (Å²) in [5.74, 6) is 0.615. The van der Waals surface area contributed by atoms with Crippen LogP contribution in [-0.2, 0) is 19.4 Å². The largest absolute Gasteiger partial charge is 0.489 e. The van der Waals surface area contributed by atoms with Gasteiger partial charge in [0.2, 0.25) is 0 Å². The molecule has 1 amide bonds. The summed E-state index contributed by atoms with van der Waals surface area (Å²) < 4.78 is 5.78. The molecule has 0 saturated carbocycles. The molecule has 0 spiro atoms. The Labute approximate surface area is 176 Å². The number of amides is 1. The molecule has 1 aliphatic rings. The van der Waals surface area contributed by atoms with Crippen LogP contribution in [0.5, 0.6) is 5.75 Å². The standard InChI is InChI=1S/C25H24ClNO2/c1-17(20-10-9-18-6-4-7-21(18)15-20)27-25(28)19-11-13-23(14-12-19)29-16-22-5-2-3-8-24(22)26/h2-3,5,8-15,17H,4,6-7,16H2,1H3,(H,27,28)/t17-/m0/s1. The molecule has 0 aliphatic heterocycles. The molecule has 1 N–H and O–H groups in total. The van der Waals surface area contributed by atoms with Crippen molar-refractivity contribution in [3.05, 3.63) is 99.6 Å². The predicted octanol–water partition coefficient (Wildman–Crippen LogP) is 5.90. The lowest BCUT2D eigenvalue weighted by Gasteiger charge is -2.16. The zero-order valence-electron chi connectivity index (χ0n) is 16.5. The van der Waals surface area contributed by atoms with E-state index in [1.165, 1.54) is 24.0 Å². The molecule has 0 aromatic heterocycles. The molecule has 0 radical (unpaired) electrons. The quantitative estimate of drug-likeness (QED) is 0.554. The first-order valence-corrected chi connectivity index (χ1v) is 10.4. The number of benzene rings is 3. The number of halogens is 1. The van der Waals surface area contributed by atoms with Gasteiger partial charge in [0.15, 0.2) is 0 Å². The van der Waals surface area contributed by atoms with Crippen molar-refractivity contribution in [1.29, 1.82) is 0 Å². The van der Waals surface area contributed by atoms with Gasteiger partial charge < -0.3 is 10.1 Å². The molecule has 0 saturated heterocycles. The molecule has 0 fully saturated rings. The van der Waals surface area contributed by atoms with Gasteiger partial charge in [-0.05, 0) is 73.2 Å². The van der Waals surface area contributed by atoms with E-state index in [1.807, 2.05) is 43.3 Å². The molecule has 3 aromatic carbocycles. The number of carbonyl (C=O) groups excluding carboxylic acids is 1. The monoisotopic (exact) mass is 405 g/mol. The van der Waals surface area contributed by atoms with Crippen LogP contribution >= 0.6 is 11.6 Å². The summed E-state index contributed by atoms with van der Waals surface area (Å²) in [6.07, 6.45) is 3.53. The second kappa shape index (κ2) is 8.71. The summed E-state index contributed by atoms with van der Waals surface area (Å²) in [6, 6.07) is 21.3. The third kappa shape index (κ3) is 4.63. The molecule has 0 heterocycles. The fourth-order valence-corrected chi connectivity index (χ4v) is 3.89. The summed E-state index contributed by atoms with van der Waals surface area (Å²) in [6.45, 7) is 2.41. The Balaban J connectivity index is 1.36. The number of carbonyl (C=O) groups is 1. The normalized spacial score (nSPS) is 13.6. The maximum absolute atomic E-state index is 12.6. The molecule has 3 aromatic rings. The average molecular weight is 406 g/mol. The van der Waals surface area contributed by atoms with Gasteiger partial charge in [-0.15, -0.1) is 0 Å². The molecular weight excluding hydrogens is 382 g/mol. The molecular formula is C25H24ClNO2. The second-order valence-electron chi connectivity index (χ2n) is 7.48. The Morgan fingerprint density at radius 3 is 2.59 bits per heavy atom. The minimum absolute atomic E-state index is 0.0375. The number of nitrogens with one attached hydrogen (secondary N) is 1. The van der Waals surface area contributed by atoms with E-state index in [2.05, 4.69) is 23.5 Å². The first-order chi connectivity index (χ1) is 14.1. The lowest BCUT2D eigenvalue weighted by Crippen LogP contribution is -2.26. The molecule has 0 bridgehead atoms. The van der Waals surface area contributed by atoms with Gasteiger partial charge in [0.25, 0.3) is 5.91 Å². The van der Waals surface area contributed by atoms with Crippen LogP contribution in [0.4, 0.5) is 0 Å². The van der Waals surface area contributed by atoms with E-state index in [4.69, 9.17) is 16.3 Å². The molecule has 1 aliphatic carbocycles. The fourth-order valence-electron chi connectivity index (χ4n) is 3.70. The summed E-state index contributed by atoms with van der Waals surface area (Å²) in [5.41, 5.74) is 5.56. The van der Waals surface area contributed by atoms with Gasteiger partial charge in [0, 0.05) is 16.1 Å². The van der Waals surface area contributed by atoms with E-state index in [-0.39, 0.29) is 11.9 Å². The number of fused-ring (bicyclic) bond motifs is 1. The average Bonchev–Trinajstić information content (AvgIpc) is 3.21. The van der Waals surface area contributed by atoms with Crippen LogP contribution in [-0.4, -0.2) is 5.91 Å². The van der Waals surface area contributed by atoms with E-state index in [9.17, 15) is 4.79 Å². The molecule has 0 unspecified atom stereocenters. The highest BCUT2D eigenvalue weighted by atomic mass is 35.5.